The molecule has 0 saturated carbocycles. The molecule has 0 fully saturated rings. The summed E-state index contributed by atoms with van der Waals surface area (Å²) in [5, 5.41) is 10.1. The van der Waals surface area contributed by atoms with Crippen molar-refractivity contribution in [1.29, 1.82) is 0 Å². The molecule has 0 aliphatic carbocycles. The molecule has 7 heteroatoms. The van der Waals surface area contributed by atoms with Gasteiger partial charge in [-0.05, 0) is 42.5 Å². The van der Waals surface area contributed by atoms with E-state index in [2.05, 4.69) is 31.4 Å². The number of anilines is 1. The average Bonchev–Trinajstić information content (AvgIpc) is 2.96. The Bertz CT molecular complexity index is 818. The van der Waals surface area contributed by atoms with Crippen LogP contribution in [0.4, 0.5) is 10.4 Å². The van der Waals surface area contributed by atoms with E-state index >= 15 is 0 Å². The van der Waals surface area contributed by atoms with E-state index in [0.717, 1.165) is 4.47 Å². The third kappa shape index (κ3) is 3.20. The van der Waals surface area contributed by atoms with Crippen LogP contribution in [0.15, 0.2) is 57.4 Å². The summed E-state index contributed by atoms with van der Waals surface area (Å²) in [7, 11) is 0. The zero-order chi connectivity index (χ0) is 15.5. The number of hydrogen-bond donors (Lipinski definition) is 1. The molecule has 1 N–H and O–H groups in total. The molecule has 1 heterocycles. The normalized spacial score (nSPS) is 10.5. The van der Waals surface area contributed by atoms with Crippen molar-refractivity contribution in [3.8, 4) is 11.5 Å². The van der Waals surface area contributed by atoms with Gasteiger partial charge in [-0.3, -0.25) is 10.1 Å². The fraction of sp³-hybridized carbons (Fsp3) is 0. The Labute approximate surface area is 133 Å². The monoisotopic (exact) mass is 361 g/mol. The third-order valence-corrected chi connectivity index (χ3v) is 3.32. The second-order valence-electron chi connectivity index (χ2n) is 4.38. The molecule has 0 aliphatic rings. The Morgan fingerprint density at radius 2 is 1.91 bits per heavy atom. The number of hydrogen-bond acceptors (Lipinski definition) is 4. The molecule has 3 rings (SSSR count). The second-order valence-corrected chi connectivity index (χ2v) is 5.30. The fourth-order valence-corrected chi connectivity index (χ4v) is 2.18. The van der Waals surface area contributed by atoms with E-state index in [-0.39, 0.29) is 23.6 Å². The lowest BCUT2D eigenvalue weighted by molar-refractivity contribution is 0.102. The molecule has 0 spiro atoms. The molecule has 0 saturated heterocycles. The summed E-state index contributed by atoms with van der Waals surface area (Å²) in [6.07, 6.45) is 0. The van der Waals surface area contributed by atoms with E-state index in [4.69, 9.17) is 4.42 Å². The first-order valence-corrected chi connectivity index (χ1v) is 7.07. The average molecular weight is 362 g/mol. The van der Waals surface area contributed by atoms with Gasteiger partial charge in [-0.1, -0.05) is 27.1 Å². The van der Waals surface area contributed by atoms with Gasteiger partial charge in [-0.25, -0.2) is 4.39 Å². The maximum absolute atomic E-state index is 12.9. The van der Waals surface area contributed by atoms with Crippen molar-refractivity contribution in [3.05, 3.63) is 64.4 Å². The Hall–Kier alpha value is -2.54. The quantitative estimate of drug-likeness (QED) is 0.768. The van der Waals surface area contributed by atoms with Crippen LogP contribution in [0.5, 0.6) is 0 Å². The number of aromatic nitrogens is 2. The van der Waals surface area contributed by atoms with Crippen LogP contribution in [0.25, 0.3) is 11.5 Å². The van der Waals surface area contributed by atoms with Gasteiger partial charge in [0.05, 0.1) is 0 Å². The third-order valence-electron chi connectivity index (χ3n) is 2.82. The van der Waals surface area contributed by atoms with Gasteiger partial charge >= 0.3 is 6.01 Å². The molecule has 1 aromatic heterocycles. The van der Waals surface area contributed by atoms with Crippen molar-refractivity contribution in [2.24, 2.45) is 0 Å². The molecule has 22 heavy (non-hydrogen) atoms. The summed E-state index contributed by atoms with van der Waals surface area (Å²) in [5.74, 6) is -0.522. The Kier molecular flexibility index (Phi) is 3.97. The fourth-order valence-electron chi connectivity index (χ4n) is 1.78. The first kappa shape index (κ1) is 14.4. The van der Waals surface area contributed by atoms with Gasteiger partial charge in [-0.2, -0.15) is 0 Å². The summed E-state index contributed by atoms with van der Waals surface area (Å²) in [4.78, 5) is 12.0. The van der Waals surface area contributed by atoms with Crippen LogP contribution in [0.3, 0.4) is 0 Å². The number of carbonyl (C=O) groups is 1. The first-order valence-electron chi connectivity index (χ1n) is 6.28. The van der Waals surface area contributed by atoms with E-state index < -0.39 is 0 Å². The van der Waals surface area contributed by atoms with Crippen molar-refractivity contribution in [3.63, 3.8) is 0 Å². The van der Waals surface area contributed by atoms with Crippen LogP contribution in [-0.2, 0) is 0 Å². The topological polar surface area (TPSA) is 68.0 Å². The van der Waals surface area contributed by atoms with E-state index in [9.17, 15) is 9.18 Å². The van der Waals surface area contributed by atoms with Gasteiger partial charge in [0.1, 0.15) is 5.82 Å². The van der Waals surface area contributed by atoms with Crippen LogP contribution in [0.1, 0.15) is 10.4 Å². The number of nitrogens with one attached hydrogen (secondary N) is 1. The van der Waals surface area contributed by atoms with Gasteiger partial charge in [0.2, 0.25) is 5.89 Å². The molecule has 3 aromatic rings. The van der Waals surface area contributed by atoms with Crippen LogP contribution in [0.2, 0.25) is 0 Å². The molecular formula is C15H9BrFN3O2. The summed E-state index contributed by atoms with van der Waals surface area (Å²) in [6.45, 7) is 0. The molecule has 0 atom stereocenters. The van der Waals surface area contributed by atoms with Crippen molar-refractivity contribution in [1.82, 2.24) is 10.2 Å². The maximum Gasteiger partial charge on any atom is 0.322 e. The molecule has 0 unspecified atom stereocenters. The number of rotatable bonds is 3. The molecule has 0 aliphatic heterocycles. The SMILES string of the molecule is O=C(Nc1nnc(-c2ccc(F)cc2)o1)c1cccc(Br)c1. The molecule has 1 amide bonds. The number of benzene rings is 2. The highest BCUT2D eigenvalue weighted by atomic mass is 79.9. The Morgan fingerprint density at radius 1 is 1.14 bits per heavy atom. The van der Waals surface area contributed by atoms with Gasteiger partial charge in [0.15, 0.2) is 0 Å². The zero-order valence-electron chi connectivity index (χ0n) is 11.1. The van der Waals surface area contributed by atoms with Gasteiger partial charge in [-0.15, -0.1) is 5.10 Å². The predicted molar refractivity (Wildman–Crippen MR) is 81.8 cm³/mol. The van der Waals surface area contributed by atoms with Gasteiger partial charge < -0.3 is 4.42 Å². The predicted octanol–water partition coefficient (Wildman–Crippen LogP) is 3.89. The summed E-state index contributed by atoms with van der Waals surface area (Å²) in [6, 6.07) is 12.5. The molecule has 5 nitrogen and oxygen atoms in total. The lowest BCUT2D eigenvalue weighted by Crippen LogP contribution is -2.11. The standard InChI is InChI=1S/C15H9BrFN3O2/c16-11-3-1-2-10(8-11)13(21)18-15-20-19-14(22-15)9-4-6-12(17)7-5-9/h1-8H,(H,18,20,21). The highest BCUT2D eigenvalue weighted by Gasteiger charge is 2.13. The Morgan fingerprint density at radius 3 is 2.64 bits per heavy atom. The lowest BCUT2D eigenvalue weighted by atomic mass is 10.2. The van der Waals surface area contributed by atoms with Gasteiger partial charge in [0, 0.05) is 15.6 Å². The minimum absolute atomic E-state index is 0.0238. The second kappa shape index (κ2) is 6.07. The van der Waals surface area contributed by atoms with Gasteiger partial charge in [0.25, 0.3) is 5.91 Å². The smallest absolute Gasteiger partial charge is 0.322 e. The van der Waals surface area contributed by atoms with Crippen LogP contribution < -0.4 is 5.32 Å². The minimum Gasteiger partial charge on any atom is -0.403 e. The van der Waals surface area contributed by atoms with E-state index in [1.807, 2.05) is 6.07 Å². The Balaban J connectivity index is 1.77. The van der Waals surface area contributed by atoms with E-state index in [0.29, 0.717) is 11.1 Å². The van der Waals surface area contributed by atoms with Crippen LogP contribution in [0, 0.1) is 5.82 Å². The molecule has 110 valence electrons. The molecular weight excluding hydrogens is 353 g/mol. The van der Waals surface area contributed by atoms with Crippen molar-refractivity contribution < 1.29 is 13.6 Å². The van der Waals surface area contributed by atoms with Crippen molar-refractivity contribution in [2.75, 3.05) is 5.32 Å². The van der Waals surface area contributed by atoms with Crippen molar-refractivity contribution in [2.45, 2.75) is 0 Å². The molecule has 2 aromatic carbocycles. The van der Waals surface area contributed by atoms with Crippen molar-refractivity contribution >= 4 is 27.9 Å². The zero-order valence-corrected chi connectivity index (χ0v) is 12.7. The molecule has 0 radical (unpaired) electrons. The summed E-state index contributed by atoms with van der Waals surface area (Å²) >= 11 is 3.29. The van der Waals surface area contributed by atoms with E-state index in [1.54, 1.807) is 18.2 Å². The highest BCUT2D eigenvalue weighted by Crippen LogP contribution is 2.20. The summed E-state index contributed by atoms with van der Waals surface area (Å²) in [5.41, 5.74) is 1.02. The van der Waals surface area contributed by atoms with Crippen LogP contribution >= 0.6 is 15.9 Å². The number of amides is 1. The largest absolute Gasteiger partial charge is 0.403 e. The minimum atomic E-state index is -0.365. The summed E-state index contributed by atoms with van der Waals surface area (Å²) < 4.78 is 19.0. The van der Waals surface area contributed by atoms with E-state index in [1.165, 1.54) is 24.3 Å². The van der Waals surface area contributed by atoms with Crippen LogP contribution in [-0.4, -0.2) is 16.1 Å². The maximum atomic E-state index is 12.9. The first-order chi connectivity index (χ1) is 10.6. The molecule has 0 bridgehead atoms. The highest BCUT2D eigenvalue weighted by molar-refractivity contribution is 9.10. The number of nitrogens with zero attached hydrogens (tertiary/aromatic N) is 2. The lowest BCUT2D eigenvalue weighted by Gasteiger charge is -2.00. The number of carbonyl (C=O) groups excluding carboxylic acids is 1. The number of halogens is 2.